The highest BCUT2D eigenvalue weighted by molar-refractivity contribution is 5.19. The summed E-state index contributed by atoms with van der Waals surface area (Å²) in [6, 6.07) is 0. The molecule has 0 radical (unpaired) electrons. The average Bonchev–Trinajstić information content (AvgIpc) is 3.03. The summed E-state index contributed by atoms with van der Waals surface area (Å²) >= 11 is 0. The Balaban J connectivity index is 1.71. The van der Waals surface area contributed by atoms with E-state index < -0.39 is 0 Å². The maximum absolute atomic E-state index is 10.2. The molecular formula is C18H30O. The van der Waals surface area contributed by atoms with E-state index in [0.717, 1.165) is 18.3 Å². The lowest BCUT2D eigenvalue weighted by molar-refractivity contribution is -0.129. The molecule has 1 spiro atoms. The van der Waals surface area contributed by atoms with E-state index in [2.05, 4.69) is 20.8 Å². The van der Waals surface area contributed by atoms with Gasteiger partial charge in [0.2, 0.25) is 0 Å². The van der Waals surface area contributed by atoms with Crippen molar-refractivity contribution in [2.45, 2.75) is 78.2 Å². The molecule has 1 N–H and O–H groups in total. The van der Waals surface area contributed by atoms with Crippen molar-refractivity contribution >= 4 is 0 Å². The fraction of sp³-hybridized carbons (Fsp3) is 1.00. The van der Waals surface area contributed by atoms with Crippen molar-refractivity contribution < 1.29 is 5.11 Å². The Labute approximate surface area is 118 Å². The van der Waals surface area contributed by atoms with Crippen molar-refractivity contribution in [2.24, 2.45) is 34.0 Å². The van der Waals surface area contributed by atoms with Crippen LogP contribution in [0.4, 0.5) is 0 Å². The predicted molar refractivity (Wildman–Crippen MR) is 77.7 cm³/mol. The van der Waals surface area contributed by atoms with E-state index in [0.29, 0.717) is 22.2 Å². The van der Waals surface area contributed by atoms with Gasteiger partial charge in [0.05, 0.1) is 6.10 Å². The summed E-state index contributed by atoms with van der Waals surface area (Å²) in [4.78, 5) is 0. The maximum atomic E-state index is 10.2. The molecule has 4 saturated carbocycles. The molecule has 0 amide bonds. The lowest BCUT2D eigenvalue weighted by Gasteiger charge is -2.61. The van der Waals surface area contributed by atoms with Crippen molar-refractivity contribution in [1.29, 1.82) is 0 Å². The fourth-order valence-corrected chi connectivity index (χ4v) is 7.26. The topological polar surface area (TPSA) is 20.2 Å². The number of hydrogen-bond acceptors (Lipinski definition) is 1. The van der Waals surface area contributed by atoms with E-state index in [1.54, 1.807) is 0 Å². The highest BCUT2D eigenvalue weighted by Gasteiger charge is 2.70. The first kappa shape index (κ1) is 12.7. The maximum Gasteiger partial charge on any atom is 0.0574 e. The number of rotatable bonds is 0. The lowest BCUT2D eigenvalue weighted by Crippen LogP contribution is -2.54. The van der Waals surface area contributed by atoms with Gasteiger partial charge in [-0.25, -0.2) is 0 Å². The Hall–Kier alpha value is -0.0400. The van der Waals surface area contributed by atoms with Crippen LogP contribution in [0.5, 0.6) is 0 Å². The second-order valence-corrected chi connectivity index (χ2v) is 9.18. The summed E-state index contributed by atoms with van der Waals surface area (Å²) < 4.78 is 0. The van der Waals surface area contributed by atoms with Crippen LogP contribution in [-0.2, 0) is 0 Å². The third-order valence-electron chi connectivity index (χ3n) is 8.06. The third-order valence-corrected chi connectivity index (χ3v) is 8.06. The van der Waals surface area contributed by atoms with Crippen LogP contribution in [0.15, 0.2) is 0 Å². The minimum atomic E-state index is 0.0352. The van der Waals surface area contributed by atoms with Gasteiger partial charge in [0.25, 0.3) is 0 Å². The predicted octanol–water partition coefficient (Wildman–Crippen LogP) is 4.39. The Morgan fingerprint density at radius 3 is 2.47 bits per heavy atom. The first-order chi connectivity index (χ1) is 8.90. The summed E-state index contributed by atoms with van der Waals surface area (Å²) in [7, 11) is 0. The fourth-order valence-electron chi connectivity index (χ4n) is 7.26. The monoisotopic (exact) mass is 262 g/mol. The zero-order valence-electron chi connectivity index (χ0n) is 12.9. The number of aliphatic hydroxyl groups excluding tert-OH is 1. The summed E-state index contributed by atoms with van der Waals surface area (Å²) in [5.74, 6) is 2.53. The summed E-state index contributed by atoms with van der Waals surface area (Å²) in [5, 5.41) is 10.2. The van der Waals surface area contributed by atoms with Gasteiger partial charge in [0.1, 0.15) is 0 Å². The van der Waals surface area contributed by atoms with E-state index in [9.17, 15) is 5.11 Å². The average molecular weight is 262 g/mol. The molecule has 1 heteroatoms. The molecule has 6 atom stereocenters. The van der Waals surface area contributed by atoms with Gasteiger partial charge in [0.15, 0.2) is 0 Å². The van der Waals surface area contributed by atoms with Gasteiger partial charge in [-0.15, -0.1) is 0 Å². The van der Waals surface area contributed by atoms with Gasteiger partial charge in [-0.3, -0.25) is 0 Å². The minimum absolute atomic E-state index is 0.0352. The second-order valence-electron chi connectivity index (χ2n) is 9.18. The van der Waals surface area contributed by atoms with Gasteiger partial charge in [-0.1, -0.05) is 27.2 Å². The normalized spacial score (nSPS) is 58.7. The molecule has 0 aromatic carbocycles. The lowest BCUT2D eigenvalue weighted by atomic mass is 9.44. The van der Waals surface area contributed by atoms with Crippen molar-refractivity contribution in [1.82, 2.24) is 0 Å². The number of aliphatic hydroxyl groups is 1. The minimum Gasteiger partial charge on any atom is -0.393 e. The van der Waals surface area contributed by atoms with Crippen LogP contribution >= 0.6 is 0 Å². The zero-order chi connectivity index (χ0) is 13.5. The van der Waals surface area contributed by atoms with Crippen molar-refractivity contribution in [2.75, 3.05) is 0 Å². The molecule has 108 valence electrons. The van der Waals surface area contributed by atoms with E-state index in [1.807, 2.05) is 0 Å². The van der Waals surface area contributed by atoms with Crippen molar-refractivity contribution in [3.05, 3.63) is 0 Å². The molecule has 0 bridgehead atoms. The number of hydrogen-bond donors (Lipinski definition) is 1. The summed E-state index contributed by atoms with van der Waals surface area (Å²) in [5.41, 5.74) is 1.71. The van der Waals surface area contributed by atoms with Gasteiger partial charge >= 0.3 is 0 Å². The molecule has 0 aromatic rings. The Kier molecular flexibility index (Phi) is 2.39. The smallest absolute Gasteiger partial charge is 0.0574 e. The molecule has 19 heavy (non-hydrogen) atoms. The summed E-state index contributed by atoms with van der Waals surface area (Å²) in [6.45, 7) is 7.67. The van der Waals surface area contributed by atoms with Crippen LogP contribution in [0.2, 0.25) is 0 Å². The highest BCUT2D eigenvalue weighted by Crippen LogP contribution is 2.76. The van der Waals surface area contributed by atoms with E-state index in [1.165, 1.54) is 44.9 Å². The van der Waals surface area contributed by atoms with Gasteiger partial charge in [-0.05, 0) is 78.9 Å². The van der Waals surface area contributed by atoms with E-state index in [4.69, 9.17) is 0 Å². The molecule has 4 fully saturated rings. The van der Waals surface area contributed by atoms with Crippen LogP contribution in [0.25, 0.3) is 0 Å². The Bertz CT molecular complexity index is 400. The highest BCUT2D eigenvalue weighted by atomic mass is 16.3. The molecule has 1 nitrogen and oxygen atoms in total. The molecule has 4 aliphatic carbocycles. The van der Waals surface area contributed by atoms with Gasteiger partial charge in [-0.2, -0.15) is 0 Å². The molecule has 0 aromatic heterocycles. The summed E-state index contributed by atoms with van der Waals surface area (Å²) in [6.07, 6.45) is 10.9. The Morgan fingerprint density at radius 1 is 0.895 bits per heavy atom. The standard InChI is InChI=1S/C18H30O/c1-16(2)8-4-9-17(3)14(16)7-10-18-11-12(18)13(19)5-6-15(17)18/h12-15,19H,4-11H2,1-3H3/t12-,13-,14-,15-,17-,18-/m0/s1. The van der Waals surface area contributed by atoms with Gasteiger partial charge in [0, 0.05) is 0 Å². The second kappa shape index (κ2) is 3.59. The first-order valence-electron chi connectivity index (χ1n) is 8.58. The van der Waals surface area contributed by atoms with E-state index >= 15 is 0 Å². The zero-order valence-corrected chi connectivity index (χ0v) is 12.9. The van der Waals surface area contributed by atoms with Crippen LogP contribution in [0, 0.1) is 34.0 Å². The molecule has 0 unspecified atom stereocenters. The molecule has 4 rings (SSSR count). The van der Waals surface area contributed by atoms with Crippen molar-refractivity contribution in [3.63, 3.8) is 0 Å². The molecule has 0 aliphatic heterocycles. The Morgan fingerprint density at radius 2 is 1.68 bits per heavy atom. The number of fused-ring (bicyclic) bond motifs is 2. The van der Waals surface area contributed by atoms with Crippen molar-refractivity contribution in [3.8, 4) is 0 Å². The van der Waals surface area contributed by atoms with Crippen LogP contribution < -0.4 is 0 Å². The SMILES string of the molecule is CC1(C)CCC[C@@]2(C)[C@H]1CC[C@]13C[C@H]1[C@@H](O)CC[C@@H]23. The molecule has 0 heterocycles. The molecular weight excluding hydrogens is 232 g/mol. The largest absolute Gasteiger partial charge is 0.393 e. The third kappa shape index (κ3) is 1.46. The van der Waals surface area contributed by atoms with Crippen LogP contribution in [0.1, 0.15) is 72.1 Å². The quantitative estimate of drug-likeness (QED) is 0.686. The molecule has 0 saturated heterocycles. The van der Waals surface area contributed by atoms with Crippen LogP contribution in [0.3, 0.4) is 0 Å². The molecule has 4 aliphatic rings. The van der Waals surface area contributed by atoms with Crippen LogP contribution in [-0.4, -0.2) is 11.2 Å². The van der Waals surface area contributed by atoms with E-state index in [-0.39, 0.29) is 6.10 Å². The first-order valence-corrected chi connectivity index (χ1v) is 8.58. The van der Waals surface area contributed by atoms with Gasteiger partial charge < -0.3 is 5.11 Å².